The number of nitrogens with zero attached hydrogens (tertiary/aromatic N) is 3. The predicted molar refractivity (Wildman–Crippen MR) is 134 cm³/mol. The Hall–Kier alpha value is -3.38. The zero-order chi connectivity index (χ0) is 25.0. The molecular formula is C27H30N3O4P+2. The van der Waals surface area contributed by atoms with Gasteiger partial charge in [-0.15, -0.1) is 0 Å². The molecule has 8 heteroatoms. The molecule has 3 aromatic heterocycles. The Balaban J connectivity index is 1.81. The van der Waals surface area contributed by atoms with E-state index in [2.05, 4.69) is 42.7 Å². The van der Waals surface area contributed by atoms with Crippen LogP contribution in [-0.4, -0.2) is 26.8 Å². The van der Waals surface area contributed by atoms with Crippen molar-refractivity contribution in [3.8, 4) is 28.2 Å². The smallest absolute Gasteiger partial charge is 0.324 e. The van der Waals surface area contributed by atoms with Gasteiger partial charge in [-0.05, 0) is 37.1 Å². The zero-order valence-electron chi connectivity index (χ0n) is 19.9. The van der Waals surface area contributed by atoms with Crippen LogP contribution in [0.4, 0.5) is 0 Å². The van der Waals surface area contributed by atoms with E-state index in [1.54, 1.807) is 4.57 Å². The molecular weight excluding hydrogens is 461 g/mol. The van der Waals surface area contributed by atoms with Crippen molar-refractivity contribution in [1.29, 1.82) is 0 Å². The second-order valence-corrected chi connectivity index (χ2v) is 10.4. The predicted octanol–water partition coefficient (Wildman–Crippen LogP) is 3.77. The lowest BCUT2D eigenvalue weighted by atomic mass is 10.0. The number of aryl methyl sites for hydroxylation is 2. The molecule has 1 aromatic carbocycles. The summed E-state index contributed by atoms with van der Waals surface area (Å²) in [6, 6.07) is 18.3. The Morgan fingerprint density at radius 2 is 1.29 bits per heavy atom. The fraction of sp³-hybridized carbons (Fsp3) is 0.222. The number of carbonyl (C=O) groups excluding carboxylic acids is 1. The van der Waals surface area contributed by atoms with Crippen LogP contribution in [0.3, 0.4) is 0 Å². The Morgan fingerprint density at radius 1 is 0.800 bits per heavy atom. The lowest BCUT2D eigenvalue weighted by Gasteiger charge is -2.15. The van der Waals surface area contributed by atoms with E-state index < -0.39 is 7.60 Å². The highest BCUT2D eigenvalue weighted by atomic mass is 31.2. The van der Waals surface area contributed by atoms with E-state index in [-0.39, 0.29) is 12.7 Å². The number of aromatic nitrogens is 3. The van der Waals surface area contributed by atoms with Gasteiger partial charge in [0.05, 0.1) is 17.8 Å². The van der Waals surface area contributed by atoms with Gasteiger partial charge in [0.15, 0.2) is 37.9 Å². The second kappa shape index (κ2) is 10.5. The summed E-state index contributed by atoms with van der Waals surface area (Å²) in [6.45, 7) is 5.15. The van der Waals surface area contributed by atoms with Crippen molar-refractivity contribution in [2.24, 2.45) is 0 Å². The summed E-state index contributed by atoms with van der Waals surface area (Å²) >= 11 is 0. The molecule has 0 saturated carbocycles. The molecule has 0 saturated heterocycles. The number of aldehydes is 1. The highest BCUT2D eigenvalue weighted by Crippen LogP contribution is 2.38. The van der Waals surface area contributed by atoms with Crippen LogP contribution in [-0.2, 0) is 22.4 Å². The van der Waals surface area contributed by atoms with Crippen LogP contribution < -0.4 is 9.13 Å². The van der Waals surface area contributed by atoms with E-state index in [1.165, 1.54) is 5.56 Å². The number of para-hydroxylation sites is 1. The Kier molecular flexibility index (Phi) is 7.41. The molecule has 0 bridgehead atoms. The minimum atomic E-state index is -4.05. The van der Waals surface area contributed by atoms with Crippen LogP contribution >= 0.6 is 7.60 Å². The van der Waals surface area contributed by atoms with Gasteiger partial charge < -0.3 is 19.1 Å². The lowest BCUT2D eigenvalue weighted by Crippen LogP contribution is -2.34. The minimum absolute atomic E-state index is 0.194. The molecule has 0 fully saturated rings. The molecule has 0 aliphatic carbocycles. The first kappa shape index (κ1) is 24.7. The van der Waals surface area contributed by atoms with Gasteiger partial charge in [-0.1, -0.05) is 18.2 Å². The molecule has 0 radical (unpaired) electrons. The third kappa shape index (κ3) is 5.65. The topological polar surface area (TPSA) is 87.3 Å². The van der Waals surface area contributed by atoms with Crippen molar-refractivity contribution in [2.75, 3.05) is 6.16 Å². The van der Waals surface area contributed by atoms with E-state index in [1.807, 2.05) is 59.7 Å². The summed E-state index contributed by atoms with van der Waals surface area (Å²) in [7, 11) is -4.05. The molecule has 4 aromatic rings. The first-order valence-corrected chi connectivity index (χ1v) is 13.3. The second-order valence-electron chi connectivity index (χ2n) is 8.61. The van der Waals surface area contributed by atoms with Crippen LogP contribution in [0.1, 0.15) is 17.5 Å². The van der Waals surface area contributed by atoms with Crippen molar-refractivity contribution in [3.63, 3.8) is 0 Å². The SMILES string of the molecule is Cc1c(C)c(-c2cc[n+](CCP(=O)(O)O)cc2)n(-c2ccccc2)c1-c1cc[n+](CCC=O)cc1. The Bertz CT molecular complexity index is 1360. The molecule has 3 heterocycles. The first-order valence-electron chi connectivity index (χ1n) is 11.5. The maximum absolute atomic E-state index is 11.2. The molecule has 0 aliphatic heterocycles. The number of benzene rings is 1. The molecule has 2 N–H and O–H groups in total. The summed E-state index contributed by atoms with van der Waals surface area (Å²) in [5, 5.41) is 0. The quantitative estimate of drug-likeness (QED) is 0.212. The highest BCUT2D eigenvalue weighted by Gasteiger charge is 2.23. The van der Waals surface area contributed by atoms with E-state index in [0.717, 1.165) is 40.1 Å². The maximum Gasteiger partial charge on any atom is 0.331 e. The van der Waals surface area contributed by atoms with Gasteiger partial charge in [0, 0.05) is 41.1 Å². The standard InChI is InChI=1S/C27H28N3O4P/c1-21-22(2)27(24-11-16-29(17-12-24)18-20-35(32,33)34)30(25-7-4-3-5-8-25)26(21)23-9-14-28(15-10-23)13-6-19-31/h3-5,7-12,14-17,19H,6,13,18,20H2,1-2H3/p+2. The van der Waals surface area contributed by atoms with Crippen LogP contribution in [0.5, 0.6) is 0 Å². The normalized spacial score (nSPS) is 11.5. The maximum atomic E-state index is 11.2. The van der Waals surface area contributed by atoms with Crippen LogP contribution in [0.25, 0.3) is 28.2 Å². The molecule has 0 spiro atoms. The average Bonchev–Trinajstić information content (AvgIpc) is 3.12. The largest absolute Gasteiger partial charge is 0.331 e. The number of hydrogen-bond acceptors (Lipinski definition) is 2. The van der Waals surface area contributed by atoms with Crippen LogP contribution in [0.2, 0.25) is 0 Å². The summed E-state index contributed by atoms with van der Waals surface area (Å²) in [5.41, 5.74) is 7.65. The molecule has 35 heavy (non-hydrogen) atoms. The summed E-state index contributed by atoms with van der Waals surface area (Å²) < 4.78 is 17.3. The zero-order valence-corrected chi connectivity index (χ0v) is 20.8. The van der Waals surface area contributed by atoms with Gasteiger partial charge >= 0.3 is 7.60 Å². The molecule has 7 nitrogen and oxygen atoms in total. The monoisotopic (exact) mass is 491 g/mol. The van der Waals surface area contributed by atoms with Crippen molar-refractivity contribution < 1.29 is 28.3 Å². The number of hydrogen-bond donors (Lipinski definition) is 2. The van der Waals surface area contributed by atoms with Crippen molar-refractivity contribution in [2.45, 2.75) is 33.4 Å². The molecule has 4 rings (SSSR count). The van der Waals surface area contributed by atoms with Gasteiger partial charge in [-0.3, -0.25) is 4.57 Å². The average molecular weight is 492 g/mol. The van der Waals surface area contributed by atoms with Gasteiger partial charge in [0.25, 0.3) is 0 Å². The van der Waals surface area contributed by atoms with Gasteiger partial charge in [-0.25, -0.2) is 9.13 Å². The molecule has 0 atom stereocenters. The van der Waals surface area contributed by atoms with E-state index >= 15 is 0 Å². The fourth-order valence-corrected chi connectivity index (χ4v) is 4.80. The molecule has 0 amide bonds. The van der Waals surface area contributed by atoms with Gasteiger partial charge in [0.1, 0.15) is 12.4 Å². The number of pyridine rings is 2. The first-order chi connectivity index (χ1) is 16.8. The number of carbonyl (C=O) groups is 1. The lowest BCUT2D eigenvalue weighted by molar-refractivity contribution is -0.695. The third-order valence-corrected chi connectivity index (χ3v) is 7.00. The summed E-state index contributed by atoms with van der Waals surface area (Å²) in [5.74, 6) is 0. The van der Waals surface area contributed by atoms with Crippen molar-refractivity contribution in [1.82, 2.24) is 4.57 Å². The van der Waals surface area contributed by atoms with E-state index in [9.17, 15) is 19.1 Å². The third-order valence-electron chi connectivity index (χ3n) is 6.22. The van der Waals surface area contributed by atoms with Crippen molar-refractivity contribution in [3.05, 3.63) is 90.5 Å². The molecule has 180 valence electrons. The minimum Gasteiger partial charge on any atom is -0.324 e. The number of rotatable bonds is 9. The fourth-order valence-electron chi connectivity index (χ4n) is 4.30. The summed E-state index contributed by atoms with van der Waals surface area (Å²) in [4.78, 5) is 29.1. The summed E-state index contributed by atoms with van der Waals surface area (Å²) in [6.07, 6.45) is 8.94. The Labute approximate surface area is 205 Å². The van der Waals surface area contributed by atoms with Gasteiger partial charge in [-0.2, -0.15) is 0 Å². The van der Waals surface area contributed by atoms with Crippen LogP contribution in [0, 0.1) is 13.8 Å². The molecule has 0 unspecified atom stereocenters. The highest BCUT2D eigenvalue weighted by molar-refractivity contribution is 7.51. The van der Waals surface area contributed by atoms with E-state index in [4.69, 9.17) is 0 Å². The van der Waals surface area contributed by atoms with Crippen molar-refractivity contribution >= 4 is 13.9 Å². The van der Waals surface area contributed by atoms with E-state index in [0.29, 0.717) is 13.0 Å². The molecule has 0 aliphatic rings. The van der Waals surface area contributed by atoms with Gasteiger partial charge in [0.2, 0.25) is 0 Å². The Morgan fingerprint density at radius 3 is 1.74 bits per heavy atom. The van der Waals surface area contributed by atoms with Crippen LogP contribution in [0.15, 0.2) is 79.4 Å².